The third-order valence-corrected chi connectivity index (χ3v) is 2.86. The van der Waals surface area contributed by atoms with Crippen molar-refractivity contribution in [2.45, 2.75) is 25.9 Å². The van der Waals surface area contributed by atoms with Crippen LogP contribution >= 0.6 is 0 Å². The van der Waals surface area contributed by atoms with Crippen molar-refractivity contribution in [3.8, 4) is 0 Å². The van der Waals surface area contributed by atoms with Gasteiger partial charge in [-0.25, -0.2) is 9.78 Å². The van der Waals surface area contributed by atoms with Crippen molar-refractivity contribution in [3.05, 3.63) is 24.0 Å². The van der Waals surface area contributed by atoms with E-state index in [-0.39, 0.29) is 11.4 Å². The van der Waals surface area contributed by atoms with Gasteiger partial charge in [-0.05, 0) is 25.5 Å². The number of nitrogens with one attached hydrogen (secondary N) is 1. The first-order valence-electron chi connectivity index (χ1n) is 5.49. The fourth-order valence-electron chi connectivity index (χ4n) is 1.33. The molecule has 1 unspecified atom stereocenters. The van der Waals surface area contributed by atoms with Gasteiger partial charge in [0.25, 0.3) is 5.91 Å². The zero-order valence-electron chi connectivity index (χ0n) is 10.6. The van der Waals surface area contributed by atoms with E-state index in [4.69, 9.17) is 9.84 Å². The molecule has 2 N–H and O–H groups in total. The normalized spacial score (nSPS) is 13.7. The standard InChI is InChI=1S/C12H16N2O4/c1-4-12(2,18-3)11(17)14-8-6-5-7-13-9(8)10(15)16/h5-7H,4H2,1-3H3,(H,14,17)(H,15,16). The van der Waals surface area contributed by atoms with Crippen LogP contribution in [0.25, 0.3) is 0 Å². The number of carbonyl (C=O) groups is 2. The summed E-state index contributed by atoms with van der Waals surface area (Å²) in [5.74, 6) is -1.59. The number of carbonyl (C=O) groups excluding carboxylic acids is 1. The number of methoxy groups -OCH3 is 1. The number of ether oxygens (including phenoxy) is 1. The Kier molecular flexibility index (Phi) is 4.38. The van der Waals surface area contributed by atoms with Gasteiger partial charge in [-0.3, -0.25) is 4.79 Å². The zero-order valence-corrected chi connectivity index (χ0v) is 10.6. The van der Waals surface area contributed by atoms with Gasteiger partial charge in [-0.1, -0.05) is 6.92 Å². The highest BCUT2D eigenvalue weighted by molar-refractivity contribution is 6.02. The Hall–Kier alpha value is -1.95. The molecule has 0 aliphatic rings. The van der Waals surface area contributed by atoms with Gasteiger partial charge in [0, 0.05) is 13.3 Å². The van der Waals surface area contributed by atoms with Crippen molar-refractivity contribution in [3.63, 3.8) is 0 Å². The number of hydrogen-bond donors (Lipinski definition) is 2. The van der Waals surface area contributed by atoms with Crippen LogP contribution in [0.15, 0.2) is 18.3 Å². The average Bonchev–Trinajstić information content (AvgIpc) is 2.38. The molecule has 0 bridgehead atoms. The molecule has 0 aliphatic carbocycles. The number of carboxylic acid groups (broad SMARTS) is 1. The molecule has 6 nitrogen and oxygen atoms in total. The Bertz CT molecular complexity index is 455. The van der Waals surface area contributed by atoms with E-state index in [0.29, 0.717) is 6.42 Å². The summed E-state index contributed by atoms with van der Waals surface area (Å²) < 4.78 is 5.14. The van der Waals surface area contributed by atoms with Crippen LogP contribution in [-0.4, -0.2) is 34.7 Å². The van der Waals surface area contributed by atoms with Crippen molar-refractivity contribution < 1.29 is 19.4 Å². The number of rotatable bonds is 5. The van der Waals surface area contributed by atoms with Gasteiger partial charge in [0.2, 0.25) is 0 Å². The molecular formula is C12H16N2O4. The molecule has 1 atom stereocenters. The predicted molar refractivity (Wildman–Crippen MR) is 65.5 cm³/mol. The quantitative estimate of drug-likeness (QED) is 0.829. The van der Waals surface area contributed by atoms with E-state index in [0.717, 1.165) is 0 Å². The van der Waals surface area contributed by atoms with E-state index < -0.39 is 17.5 Å². The number of pyridine rings is 1. The lowest BCUT2D eigenvalue weighted by molar-refractivity contribution is -0.136. The third kappa shape index (κ3) is 2.84. The molecule has 6 heteroatoms. The van der Waals surface area contributed by atoms with Crippen LogP contribution in [0.4, 0.5) is 5.69 Å². The molecule has 1 amide bonds. The van der Waals surface area contributed by atoms with Crippen LogP contribution in [0.1, 0.15) is 30.8 Å². The second-order valence-electron chi connectivity index (χ2n) is 3.95. The van der Waals surface area contributed by atoms with Crippen molar-refractivity contribution in [1.29, 1.82) is 0 Å². The lowest BCUT2D eigenvalue weighted by atomic mass is 10.0. The lowest BCUT2D eigenvalue weighted by Gasteiger charge is -2.25. The Morgan fingerprint density at radius 2 is 2.22 bits per heavy atom. The molecule has 18 heavy (non-hydrogen) atoms. The fraction of sp³-hybridized carbons (Fsp3) is 0.417. The minimum Gasteiger partial charge on any atom is -0.476 e. The summed E-state index contributed by atoms with van der Waals surface area (Å²) in [6.45, 7) is 3.45. The number of amides is 1. The molecule has 0 saturated carbocycles. The van der Waals surface area contributed by atoms with E-state index in [1.165, 1.54) is 19.4 Å². The minimum atomic E-state index is -1.19. The highest BCUT2D eigenvalue weighted by Crippen LogP contribution is 2.19. The molecule has 0 radical (unpaired) electrons. The molecule has 1 aromatic heterocycles. The Morgan fingerprint density at radius 1 is 1.56 bits per heavy atom. The average molecular weight is 252 g/mol. The summed E-state index contributed by atoms with van der Waals surface area (Å²) in [7, 11) is 1.43. The number of aromatic nitrogens is 1. The molecule has 0 spiro atoms. The van der Waals surface area contributed by atoms with Crippen LogP contribution in [0.2, 0.25) is 0 Å². The smallest absolute Gasteiger partial charge is 0.356 e. The van der Waals surface area contributed by atoms with Gasteiger partial charge >= 0.3 is 5.97 Å². The molecule has 0 fully saturated rings. The third-order valence-electron chi connectivity index (χ3n) is 2.86. The molecule has 1 heterocycles. The second-order valence-corrected chi connectivity index (χ2v) is 3.95. The van der Waals surface area contributed by atoms with Crippen molar-refractivity contribution in [1.82, 2.24) is 4.98 Å². The van der Waals surface area contributed by atoms with Gasteiger partial charge in [0.05, 0.1) is 5.69 Å². The summed E-state index contributed by atoms with van der Waals surface area (Å²) in [6.07, 6.45) is 1.83. The summed E-state index contributed by atoms with van der Waals surface area (Å²) in [4.78, 5) is 26.7. The van der Waals surface area contributed by atoms with Crippen molar-refractivity contribution in [2.75, 3.05) is 12.4 Å². The second kappa shape index (κ2) is 5.59. The van der Waals surface area contributed by atoms with E-state index in [1.807, 2.05) is 6.92 Å². The molecular weight excluding hydrogens is 236 g/mol. The predicted octanol–water partition coefficient (Wildman–Crippen LogP) is 1.53. The number of hydrogen-bond acceptors (Lipinski definition) is 4. The van der Waals surface area contributed by atoms with Gasteiger partial charge in [0.1, 0.15) is 5.60 Å². The van der Waals surface area contributed by atoms with Crippen molar-refractivity contribution >= 4 is 17.6 Å². The maximum atomic E-state index is 12.0. The van der Waals surface area contributed by atoms with Crippen LogP contribution in [0.5, 0.6) is 0 Å². The summed E-state index contributed by atoms with van der Waals surface area (Å²) >= 11 is 0. The molecule has 1 aromatic rings. The molecule has 0 aromatic carbocycles. The van der Waals surface area contributed by atoms with E-state index in [2.05, 4.69) is 10.3 Å². The van der Waals surface area contributed by atoms with E-state index in [9.17, 15) is 9.59 Å². The highest BCUT2D eigenvalue weighted by Gasteiger charge is 2.31. The molecule has 98 valence electrons. The number of aromatic carboxylic acids is 1. The monoisotopic (exact) mass is 252 g/mol. The Labute approximate surface area is 105 Å². The zero-order chi connectivity index (χ0) is 13.8. The lowest BCUT2D eigenvalue weighted by Crippen LogP contribution is -2.41. The van der Waals surface area contributed by atoms with Gasteiger partial charge in [-0.2, -0.15) is 0 Å². The van der Waals surface area contributed by atoms with Gasteiger partial charge in [-0.15, -0.1) is 0 Å². The molecule has 1 rings (SSSR count). The van der Waals surface area contributed by atoms with E-state index >= 15 is 0 Å². The highest BCUT2D eigenvalue weighted by atomic mass is 16.5. The fourth-order valence-corrected chi connectivity index (χ4v) is 1.33. The van der Waals surface area contributed by atoms with Gasteiger partial charge < -0.3 is 15.2 Å². The topological polar surface area (TPSA) is 88.5 Å². The number of nitrogens with zero attached hydrogens (tertiary/aromatic N) is 1. The summed E-state index contributed by atoms with van der Waals surface area (Å²) in [5.41, 5.74) is -1.03. The first-order chi connectivity index (χ1) is 8.44. The Morgan fingerprint density at radius 3 is 2.72 bits per heavy atom. The molecule has 0 aliphatic heterocycles. The largest absolute Gasteiger partial charge is 0.476 e. The maximum Gasteiger partial charge on any atom is 0.356 e. The van der Waals surface area contributed by atoms with E-state index in [1.54, 1.807) is 13.0 Å². The van der Waals surface area contributed by atoms with Crippen LogP contribution < -0.4 is 5.32 Å². The maximum absolute atomic E-state index is 12.0. The minimum absolute atomic E-state index is 0.159. The first-order valence-corrected chi connectivity index (χ1v) is 5.49. The van der Waals surface area contributed by atoms with Crippen LogP contribution in [-0.2, 0) is 9.53 Å². The van der Waals surface area contributed by atoms with Crippen LogP contribution in [0.3, 0.4) is 0 Å². The number of anilines is 1. The summed E-state index contributed by atoms with van der Waals surface area (Å²) in [5, 5.41) is 11.5. The number of carboxylic acids is 1. The SMILES string of the molecule is CCC(C)(OC)C(=O)Nc1cccnc1C(=O)O. The van der Waals surface area contributed by atoms with Crippen molar-refractivity contribution in [2.24, 2.45) is 0 Å². The first kappa shape index (κ1) is 14.1. The summed E-state index contributed by atoms with van der Waals surface area (Å²) in [6, 6.07) is 3.04. The van der Waals surface area contributed by atoms with Crippen LogP contribution in [0, 0.1) is 0 Å². The molecule has 0 saturated heterocycles. The Balaban J connectivity index is 2.98. The van der Waals surface area contributed by atoms with Gasteiger partial charge in [0.15, 0.2) is 5.69 Å².